The molecule has 0 aliphatic carbocycles. The topological polar surface area (TPSA) is 78.5 Å². The number of nitrogens with one attached hydrogen (secondary N) is 2. The molecule has 1 aromatic rings. The Labute approximate surface area is 144 Å². The van der Waals surface area contributed by atoms with Gasteiger partial charge in [-0.1, -0.05) is 0 Å². The van der Waals surface area contributed by atoms with Crippen LogP contribution in [0.4, 0.5) is 5.69 Å². The molecular weight excluding hydrogens is 326 g/mol. The van der Waals surface area contributed by atoms with Crippen molar-refractivity contribution < 1.29 is 13.2 Å². The molecule has 0 bridgehead atoms. The zero-order valence-electron chi connectivity index (χ0n) is 14.4. The minimum Gasteiger partial charge on any atom is -0.325 e. The number of amides is 1. The number of piperidine rings is 1. The van der Waals surface area contributed by atoms with Crippen molar-refractivity contribution in [2.45, 2.75) is 24.2 Å². The Bertz CT molecular complexity index is 636. The predicted octanol–water partition coefficient (Wildman–Crippen LogP) is 1.35. The fourth-order valence-electron chi connectivity index (χ4n) is 2.97. The van der Waals surface area contributed by atoms with Crippen LogP contribution in [0.1, 0.15) is 19.3 Å². The highest BCUT2D eigenvalue weighted by molar-refractivity contribution is 7.90. The second-order valence-corrected chi connectivity index (χ2v) is 8.47. The van der Waals surface area contributed by atoms with Crippen LogP contribution in [0.2, 0.25) is 0 Å². The van der Waals surface area contributed by atoms with E-state index >= 15 is 0 Å². The largest absolute Gasteiger partial charge is 0.325 e. The first kappa shape index (κ1) is 18.9. The van der Waals surface area contributed by atoms with Crippen LogP contribution in [0.5, 0.6) is 0 Å². The van der Waals surface area contributed by atoms with E-state index in [0.29, 0.717) is 12.2 Å². The van der Waals surface area contributed by atoms with Crippen LogP contribution in [0.3, 0.4) is 0 Å². The highest BCUT2D eigenvalue weighted by Crippen LogP contribution is 2.20. The molecular formula is C17H27N3O3S. The lowest BCUT2D eigenvalue weighted by Gasteiger charge is -2.31. The summed E-state index contributed by atoms with van der Waals surface area (Å²) in [6.45, 7) is 3.34. The number of anilines is 1. The number of sulfone groups is 1. The zero-order chi connectivity index (χ0) is 17.6. The van der Waals surface area contributed by atoms with E-state index in [0.717, 1.165) is 38.4 Å². The van der Waals surface area contributed by atoms with Gasteiger partial charge in [-0.3, -0.25) is 9.69 Å². The van der Waals surface area contributed by atoms with Crippen molar-refractivity contribution in [3.63, 3.8) is 0 Å². The van der Waals surface area contributed by atoms with Crippen LogP contribution < -0.4 is 10.6 Å². The molecule has 7 heteroatoms. The lowest BCUT2D eigenvalue weighted by atomic mass is 9.93. The lowest BCUT2D eigenvalue weighted by molar-refractivity contribution is -0.117. The Morgan fingerprint density at radius 3 is 2.38 bits per heavy atom. The van der Waals surface area contributed by atoms with Crippen molar-refractivity contribution in [2.75, 3.05) is 44.8 Å². The minimum atomic E-state index is -3.21. The number of nitrogens with zero attached hydrogens (tertiary/aromatic N) is 1. The number of hydrogen-bond donors (Lipinski definition) is 2. The fourth-order valence-corrected chi connectivity index (χ4v) is 3.60. The predicted molar refractivity (Wildman–Crippen MR) is 95.9 cm³/mol. The van der Waals surface area contributed by atoms with Gasteiger partial charge in [-0.25, -0.2) is 8.42 Å². The van der Waals surface area contributed by atoms with E-state index in [1.807, 2.05) is 7.05 Å². The summed E-state index contributed by atoms with van der Waals surface area (Å²) in [5.74, 6) is 0.691. The summed E-state index contributed by atoms with van der Waals surface area (Å²) in [5.41, 5.74) is 0.622. The van der Waals surface area contributed by atoms with Crippen molar-refractivity contribution in [3.05, 3.63) is 24.3 Å². The van der Waals surface area contributed by atoms with Gasteiger partial charge < -0.3 is 10.6 Å². The molecule has 1 amide bonds. The van der Waals surface area contributed by atoms with E-state index in [1.54, 1.807) is 12.1 Å². The molecule has 1 fully saturated rings. The Morgan fingerprint density at radius 2 is 1.83 bits per heavy atom. The second kappa shape index (κ2) is 8.60. The summed E-state index contributed by atoms with van der Waals surface area (Å²) < 4.78 is 22.8. The molecule has 0 unspecified atom stereocenters. The van der Waals surface area contributed by atoms with Gasteiger partial charge in [-0.2, -0.15) is 0 Å². The SMILES string of the molecule is CNCCC1CCN(CC(=O)Nc2ccc(S(C)(=O)=O)cc2)CC1. The monoisotopic (exact) mass is 353 g/mol. The molecule has 1 aliphatic rings. The number of hydrogen-bond acceptors (Lipinski definition) is 5. The van der Waals surface area contributed by atoms with E-state index in [4.69, 9.17) is 0 Å². The number of rotatable bonds is 7. The van der Waals surface area contributed by atoms with Crippen LogP contribution in [-0.2, 0) is 14.6 Å². The summed E-state index contributed by atoms with van der Waals surface area (Å²) in [7, 11) is -1.23. The van der Waals surface area contributed by atoms with Crippen molar-refractivity contribution >= 4 is 21.4 Å². The second-order valence-electron chi connectivity index (χ2n) is 6.46. The van der Waals surface area contributed by atoms with Crippen molar-refractivity contribution in [1.29, 1.82) is 0 Å². The van der Waals surface area contributed by atoms with E-state index in [9.17, 15) is 13.2 Å². The van der Waals surface area contributed by atoms with Crippen LogP contribution in [0, 0.1) is 5.92 Å². The molecule has 24 heavy (non-hydrogen) atoms. The number of likely N-dealkylation sites (tertiary alicyclic amines) is 1. The average Bonchev–Trinajstić information content (AvgIpc) is 2.54. The minimum absolute atomic E-state index is 0.0595. The number of carbonyl (C=O) groups excluding carboxylic acids is 1. The van der Waals surface area contributed by atoms with Crippen LogP contribution in [-0.4, -0.2) is 58.7 Å². The van der Waals surface area contributed by atoms with E-state index < -0.39 is 9.84 Å². The normalized spacial score (nSPS) is 16.9. The average molecular weight is 353 g/mol. The molecule has 0 atom stereocenters. The summed E-state index contributed by atoms with van der Waals surface area (Å²) in [6.07, 6.45) is 4.64. The highest BCUT2D eigenvalue weighted by Gasteiger charge is 2.20. The standard InChI is InChI=1S/C17H27N3O3S/c1-18-10-7-14-8-11-20(12-9-14)13-17(21)19-15-3-5-16(6-4-15)24(2,22)23/h3-6,14,18H,7-13H2,1-2H3,(H,19,21). The summed E-state index contributed by atoms with van der Waals surface area (Å²) in [6, 6.07) is 6.27. The maximum Gasteiger partial charge on any atom is 0.238 e. The molecule has 2 rings (SSSR count). The van der Waals surface area contributed by atoms with Gasteiger partial charge in [0, 0.05) is 11.9 Å². The summed E-state index contributed by atoms with van der Waals surface area (Å²) in [5, 5.41) is 6.01. The first-order valence-corrected chi connectivity index (χ1v) is 10.2. The third kappa shape index (κ3) is 5.89. The van der Waals surface area contributed by atoms with Gasteiger partial charge in [0.25, 0.3) is 0 Å². The Kier molecular flexibility index (Phi) is 6.77. The number of carbonyl (C=O) groups is 1. The summed E-state index contributed by atoms with van der Waals surface area (Å²) >= 11 is 0. The molecule has 0 aromatic heterocycles. The van der Waals surface area contributed by atoms with Gasteiger partial charge in [-0.15, -0.1) is 0 Å². The van der Waals surface area contributed by atoms with Gasteiger partial charge in [0.05, 0.1) is 11.4 Å². The van der Waals surface area contributed by atoms with Crippen LogP contribution >= 0.6 is 0 Å². The van der Waals surface area contributed by atoms with Gasteiger partial charge >= 0.3 is 0 Å². The van der Waals surface area contributed by atoms with E-state index in [-0.39, 0.29) is 10.8 Å². The first-order chi connectivity index (χ1) is 11.4. The van der Waals surface area contributed by atoms with Crippen LogP contribution in [0.15, 0.2) is 29.2 Å². The van der Waals surface area contributed by atoms with Crippen molar-refractivity contribution in [2.24, 2.45) is 5.92 Å². The molecule has 1 aliphatic heterocycles. The van der Waals surface area contributed by atoms with E-state index in [1.165, 1.54) is 24.8 Å². The molecule has 2 N–H and O–H groups in total. The lowest BCUT2D eigenvalue weighted by Crippen LogP contribution is -2.39. The first-order valence-electron chi connectivity index (χ1n) is 8.35. The third-order valence-electron chi connectivity index (χ3n) is 4.44. The molecule has 6 nitrogen and oxygen atoms in total. The fraction of sp³-hybridized carbons (Fsp3) is 0.588. The number of benzene rings is 1. The smallest absolute Gasteiger partial charge is 0.238 e. The Morgan fingerprint density at radius 1 is 1.21 bits per heavy atom. The van der Waals surface area contributed by atoms with Gasteiger partial charge in [0.2, 0.25) is 5.91 Å². The molecule has 0 radical (unpaired) electrons. The summed E-state index contributed by atoms with van der Waals surface area (Å²) in [4.78, 5) is 14.6. The quantitative estimate of drug-likeness (QED) is 0.774. The van der Waals surface area contributed by atoms with Crippen LogP contribution in [0.25, 0.3) is 0 Å². The Hall–Kier alpha value is -1.44. The van der Waals surface area contributed by atoms with Gasteiger partial charge in [0.1, 0.15) is 0 Å². The van der Waals surface area contributed by atoms with Gasteiger partial charge in [0.15, 0.2) is 9.84 Å². The third-order valence-corrected chi connectivity index (χ3v) is 5.57. The molecule has 1 saturated heterocycles. The zero-order valence-corrected chi connectivity index (χ0v) is 15.2. The Balaban J connectivity index is 1.78. The maximum atomic E-state index is 12.1. The van der Waals surface area contributed by atoms with Gasteiger partial charge in [-0.05, 0) is 76.1 Å². The maximum absolute atomic E-state index is 12.1. The molecule has 1 aromatic carbocycles. The van der Waals surface area contributed by atoms with E-state index in [2.05, 4.69) is 15.5 Å². The highest BCUT2D eigenvalue weighted by atomic mass is 32.2. The molecule has 1 heterocycles. The molecule has 0 saturated carbocycles. The van der Waals surface area contributed by atoms with Crippen molar-refractivity contribution in [3.8, 4) is 0 Å². The molecule has 0 spiro atoms. The van der Waals surface area contributed by atoms with Crippen molar-refractivity contribution in [1.82, 2.24) is 10.2 Å². The molecule has 134 valence electrons.